The molecule has 2 fully saturated rings. The van der Waals surface area contributed by atoms with Crippen LogP contribution in [0.2, 0.25) is 0 Å². The third kappa shape index (κ3) is 6.74. The molecular formula is C17H30N6O2. The molecule has 2 amide bonds. The number of likely N-dealkylation sites (N-methyl/N-ethyl adjacent to an activating group) is 1. The van der Waals surface area contributed by atoms with Crippen molar-refractivity contribution in [1.29, 1.82) is 0 Å². The van der Waals surface area contributed by atoms with Crippen LogP contribution >= 0.6 is 0 Å². The molecule has 1 aliphatic heterocycles. The van der Waals surface area contributed by atoms with Crippen molar-refractivity contribution >= 4 is 17.8 Å². The van der Waals surface area contributed by atoms with Gasteiger partial charge in [0.05, 0.1) is 6.54 Å². The van der Waals surface area contributed by atoms with Crippen molar-refractivity contribution in [2.75, 3.05) is 59.9 Å². The highest BCUT2D eigenvalue weighted by molar-refractivity contribution is 5.85. The summed E-state index contributed by atoms with van der Waals surface area (Å²) in [5, 5.41) is 6.24. The highest BCUT2D eigenvalue weighted by Crippen LogP contribution is 2.18. The van der Waals surface area contributed by atoms with Crippen LogP contribution in [0.5, 0.6) is 0 Å². The number of hydrogen-bond donors (Lipinski definition) is 2. The molecule has 0 atom stereocenters. The Balaban J connectivity index is 1.82. The van der Waals surface area contributed by atoms with Crippen LogP contribution in [0, 0.1) is 0 Å². The molecule has 0 aromatic rings. The molecule has 8 nitrogen and oxygen atoms in total. The molecule has 1 heterocycles. The molecule has 25 heavy (non-hydrogen) atoms. The molecule has 0 bridgehead atoms. The van der Waals surface area contributed by atoms with Crippen molar-refractivity contribution in [1.82, 2.24) is 25.3 Å². The van der Waals surface area contributed by atoms with Crippen LogP contribution in [-0.4, -0.2) is 98.4 Å². The van der Waals surface area contributed by atoms with E-state index in [4.69, 9.17) is 0 Å². The Morgan fingerprint density at radius 1 is 1.24 bits per heavy atom. The number of aliphatic imine (C=N–C) groups is 1. The van der Waals surface area contributed by atoms with E-state index in [9.17, 15) is 9.59 Å². The van der Waals surface area contributed by atoms with E-state index < -0.39 is 0 Å². The Kier molecular flexibility index (Phi) is 7.24. The summed E-state index contributed by atoms with van der Waals surface area (Å²) >= 11 is 0. The number of carbonyl (C=O) groups is 2. The second kappa shape index (κ2) is 9.41. The average Bonchev–Trinajstić information content (AvgIpc) is 3.39. The predicted octanol–water partition coefficient (Wildman–Crippen LogP) is -0.898. The van der Waals surface area contributed by atoms with Crippen molar-refractivity contribution in [3.63, 3.8) is 0 Å². The maximum atomic E-state index is 11.9. The van der Waals surface area contributed by atoms with Crippen molar-refractivity contribution in [3.8, 4) is 0 Å². The first-order chi connectivity index (χ1) is 12.0. The molecule has 140 valence electrons. The second-order valence-electron chi connectivity index (χ2n) is 6.70. The lowest BCUT2D eigenvalue weighted by atomic mass is 10.3. The molecule has 0 unspecified atom stereocenters. The minimum atomic E-state index is -0.0340. The Morgan fingerprint density at radius 2 is 1.92 bits per heavy atom. The van der Waals surface area contributed by atoms with E-state index in [-0.39, 0.29) is 18.4 Å². The lowest BCUT2D eigenvalue weighted by Gasteiger charge is -2.36. The summed E-state index contributed by atoms with van der Waals surface area (Å²) in [6, 6.07) is 0.407. The van der Waals surface area contributed by atoms with Gasteiger partial charge in [0.15, 0.2) is 5.96 Å². The SMILES string of the molecule is C=CCNC(=NCC(=O)N(C)C)N1CCN(CC(=O)NC2CC2)CC1. The smallest absolute Gasteiger partial charge is 0.243 e. The first-order valence-electron chi connectivity index (χ1n) is 8.85. The zero-order chi connectivity index (χ0) is 18.2. The summed E-state index contributed by atoms with van der Waals surface area (Å²) in [6.07, 6.45) is 3.99. The molecule has 0 radical (unpaired) electrons. The standard InChI is InChI=1S/C17H30N6O2/c1-4-7-18-17(19-12-16(25)21(2)3)23-10-8-22(9-11-23)13-15(24)20-14-5-6-14/h4,14H,1,5-13H2,2-3H3,(H,18,19)(H,20,24). The van der Waals surface area contributed by atoms with E-state index >= 15 is 0 Å². The van der Waals surface area contributed by atoms with Crippen LogP contribution in [0.1, 0.15) is 12.8 Å². The highest BCUT2D eigenvalue weighted by Gasteiger charge is 2.26. The molecule has 0 aromatic heterocycles. The van der Waals surface area contributed by atoms with E-state index in [1.165, 1.54) is 4.90 Å². The van der Waals surface area contributed by atoms with Crippen LogP contribution in [0.15, 0.2) is 17.6 Å². The second-order valence-corrected chi connectivity index (χ2v) is 6.70. The van der Waals surface area contributed by atoms with E-state index in [1.54, 1.807) is 20.2 Å². The summed E-state index contributed by atoms with van der Waals surface area (Å²) in [7, 11) is 3.44. The van der Waals surface area contributed by atoms with Crippen LogP contribution in [0.4, 0.5) is 0 Å². The van der Waals surface area contributed by atoms with Gasteiger partial charge in [0.2, 0.25) is 11.8 Å². The van der Waals surface area contributed by atoms with Crippen molar-refractivity contribution in [2.45, 2.75) is 18.9 Å². The number of amides is 2. The minimum absolute atomic E-state index is 0.0340. The van der Waals surface area contributed by atoms with E-state index in [1.807, 2.05) is 0 Å². The van der Waals surface area contributed by atoms with Crippen LogP contribution < -0.4 is 10.6 Å². The zero-order valence-corrected chi connectivity index (χ0v) is 15.3. The quantitative estimate of drug-likeness (QED) is 0.353. The van der Waals surface area contributed by atoms with Gasteiger partial charge in [-0.2, -0.15) is 0 Å². The van der Waals surface area contributed by atoms with Crippen LogP contribution in [0.25, 0.3) is 0 Å². The first kappa shape index (κ1) is 19.2. The fraction of sp³-hybridized carbons (Fsp3) is 0.706. The largest absolute Gasteiger partial charge is 0.353 e. The zero-order valence-electron chi connectivity index (χ0n) is 15.3. The summed E-state index contributed by atoms with van der Waals surface area (Å²) in [6.45, 7) is 8.03. The van der Waals surface area contributed by atoms with Gasteiger partial charge in [-0.05, 0) is 12.8 Å². The number of rotatable bonds is 7. The molecule has 8 heteroatoms. The molecule has 1 saturated carbocycles. The van der Waals surface area contributed by atoms with Gasteiger partial charge in [-0.3, -0.25) is 14.5 Å². The van der Waals surface area contributed by atoms with Crippen molar-refractivity contribution < 1.29 is 9.59 Å². The van der Waals surface area contributed by atoms with E-state index in [0.29, 0.717) is 19.1 Å². The summed E-state index contributed by atoms with van der Waals surface area (Å²) in [4.78, 5) is 33.9. The number of carbonyl (C=O) groups excluding carboxylic acids is 2. The van der Waals surface area contributed by atoms with Crippen LogP contribution in [-0.2, 0) is 9.59 Å². The summed E-state index contributed by atoms with van der Waals surface area (Å²) < 4.78 is 0. The molecule has 0 spiro atoms. The Hall–Kier alpha value is -2.09. The predicted molar refractivity (Wildman–Crippen MR) is 98.4 cm³/mol. The third-order valence-electron chi connectivity index (χ3n) is 4.25. The maximum Gasteiger partial charge on any atom is 0.243 e. The van der Waals surface area contributed by atoms with Gasteiger partial charge < -0.3 is 20.4 Å². The fourth-order valence-electron chi connectivity index (χ4n) is 2.54. The molecule has 1 saturated heterocycles. The number of nitrogens with zero attached hydrogens (tertiary/aromatic N) is 4. The van der Waals surface area contributed by atoms with E-state index in [2.05, 4.69) is 32.0 Å². The average molecular weight is 350 g/mol. The monoisotopic (exact) mass is 350 g/mol. The lowest BCUT2D eigenvalue weighted by molar-refractivity contribution is -0.127. The Morgan fingerprint density at radius 3 is 2.48 bits per heavy atom. The van der Waals surface area contributed by atoms with Gasteiger partial charge in [-0.1, -0.05) is 6.08 Å². The fourth-order valence-corrected chi connectivity index (χ4v) is 2.54. The molecule has 0 aromatic carbocycles. The van der Waals surface area contributed by atoms with Gasteiger partial charge in [0, 0.05) is 52.9 Å². The number of nitrogens with one attached hydrogen (secondary N) is 2. The van der Waals surface area contributed by atoms with Crippen molar-refractivity contribution in [2.24, 2.45) is 4.99 Å². The normalized spacial score (nSPS) is 18.6. The topological polar surface area (TPSA) is 80.3 Å². The van der Waals surface area contributed by atoms with Crippen LogP contribution in [0.3, 0.4) is 0 Å². The van der Waals surface area contributed by atoms with Gasteiger partial charge in [0.1, 0.15) is 6.54 Å². The summed E-state index contributed by atoms with van der Waals surface area (Å²) in [5.41, 5.74) is 0. The molecular weight excluding hydrogens is 320 g/mol. The molecule has 2 aliphatic rings. The maximum absolute atomic E-state index is 11.9. The number of guanidine groups is 1. The Labute approximate surface area is 149 Å². The van der Waals surface area contributed by atoms with Gasteiger partial charge >= 0.3 is 0 Å². The lowest BCUT2D eigenvalue weighted by Crippen LogP contribution is -2.54. The Bertz CT molecular complexity index is 507. The molecule has 1 aliphatic carbocycles. The molecule has 2 N–H and O–H groups in total. The third-order valence-corrected chi connectivity index (χ3v) is 4.25. The minimum Gasteiger partial charge on any atom is -0.353 e. The van der Waals surface area contributed by atoms with Gasteiger partial charge in [-0.15, -0.1) is 6.58 Å². The van der Waals surface area contributed by atoms with Gasteiger partial charge in [0.25, 0.3) is 0 Å². The molecule has 2 rings (SSSR count). The number of piperazine rings is 1. The number of hydrogen-bond acceptors (Lipinski definition) is 4. The van der Waals surface area contributed by atoms with E-state index in [0.717, 1.165) is 45.0 Å². The highest BCUT2D eigenvalue weighted by atomic mass is 16.2. The first-order valence-corrected chi connectivity index (χ1v) is 8.85. The van der Waals surface area contributed by atoms with Gasteiger partial charge in [-0.25, -0.2) is 4.99 Å². The summed E-state index contributed by atoms with van der Waals surface area (Å²) in [5.74, 6) is 0.802. The van der Waals surface area contributed by atoms with Crippen molar-refractivity contribution in [3.05, 3.63) is 12.7 Å².